The van der Waals surface area contributed by atoms with Gasteiger partial charge in [0.05, 0.1) is 12.3 Å². The van der Waals surface area contributed by atoms with Crippen molar-refractivity contribution < 1.29 is 14.6 Å². The molecule has 1 aliphatic rings. The fourth-order valence-corrected chi connectivity index (χ4v) is 2.03. The molecule has 18 heavy (non-hydrogen) atoms. The zero-order valence-corrected chi connectivity index (χ0v) is 10.4. The summed E-state index contributed by atoms with van der Waals surface area (Å²) in [5.74, 6) is -0.207. The van der Waals surface area contributed by atoms with Crippen molar-refractivity contribution >= 4 is 11.7 Å². The first kappa shape index (κ1) is 12.7. The van der Waals surface area contributed by atoms with Gasteiger partial charge in [0, 0.05) is 13.1 Å². The smallest absolute Gasteiger partial charge is 0.325 e. The summed E-state index contributed by atoms with van der Waals surface area (Å²) in [6.07, 6.45) is 0.852. The highest BCUT2D eigenvalue weighted by molar-refractivity contribution is 5.79. The normalized spacial score (nSPS) is 18.2. The van der Waals surface area contributed by atoms with E-state index in [1.54, 1.807) is 0 Å². The summed E-state index contributed by atoms with van der Waals surface area (Å²) >= 11 is 0. The maximum atomic E-state index is 11.1. The SMILES string of the molecule is CC(N)(CN1CCCOc2ccccc21)C(=O)O. The van der Waals surface area contributed by atoms with E-state index >= 15 is 0 Å². The molecule has 1 atom stereocenters. The molecule has 1 aromatic rings. The Morgan fingerprint density at radius 1 is 1.56 bits per heavy atom. The highest BCUT2D eigenvalue weighted by atomic mass is 16.5. The van der Waals surface area contributed by atoms with Crippen molar-refractivity contribution in [2.24, 2.45) is 5.73 Å². The number of hydrogen-bond donors (Lipinski definition) is 2. The van der Waals surface area contributed by atoms with Crippen molar-refractivity contribution in [3.05, 3.63) is 24.3 Å². The van der Waals surface area contributed by atoms with E-state index in [1.165, 1.54) is 6.92 Å². The van der Waals surface area contributed by atoms with Gasteiger partial charge in [0.1, 0.15) is 11.3 Å². The maximum absolute atomic E-state index is 11.1. The third kappa shape index (κ3) is 2.56. The van der Waals surface area contributed by atoms with Gasteiger partial charge in [0.2, 0.25) is 0 Å². The van der Waals surface area contributed by atoms with Gasteiger partial charge in [0.25, 0.3) is 0 Å². The monoisotopic (exact) mass is 250 g/mol. The molecule has 0 saturated heterocycles. The van der Waals surface area contributed by atoms with E-state index in [1.807, 2.05) is 29.2 Å². The average Bonchev–Trinajstić information content (AvgIpc) is 2.52. The lowest BCUT2D eigenvalue weighted by Gasteiger charge is -2.30. The fraction of sp³-hybridized carbons (Fsp3) is 0.462. The number of carboxylic acids is 1. The molecule has 1 aromatic carbocycles. The first-order valence-electron chi connectivity index (χ1n) is 6.00. The fourth-order valence-electron chi connectivity index (χ4n) is 2.03. The third-order valence-electron chi connectivity index (χ3n) is 3.04. The van der Waals surface area contributed by atoms with Crippen LogP contribution in [0.5, 0.6) is 5.75 Å². The molecule has 5 nitrogen and oxygen atoms in total. The predicted molar refractivity (Wildman–Crippen MR) is 69.0 cm³/mol. The van der Waals surface area contributed by atoms with E-state index in [2.05, 4.69) is 0 Å². The van der Waals surface area contributed by atoms with Crippen LogP contribution in [0.2, 0.25) is 0 Å². The van der Waals surface area contributed by atoms with E-state index in [0.29, 0.717) is 6.61 Å². The number of rotatable bonds is 3. The highest BCUT2D eigenvalue weighted by Crippen LogP contribution is 2.31. The number of carbonyl (C=O) groups is 1. The minimum Gasteiger partial charge on any atom is -0.491 e. The van der Waals surface area contributed by atoms with Gasteiger partial charge in [0.15, 0.2) is 0 Å². The molecule has 0 aromatic heterocycles. The summed E-state index contributed by atoms with van der Waals surface area (Å²) in [6, 6.07) is 7.64. The zero-order valence-electron chi connectivity index (χ0n) is 10.4. The molecule has 0 fully saturated rings. The van der Waals surface area contributed by atoms with Crippen molar-refractivity contribution in [2.45, 2.75) is 18.9 Å². The summed E-state index contributed by atoms with van der Waals surface area (Å²) in [4.78, 5) is 13.1. The lowest BCUT2D eigenvalue weighted by Crippen LogP contribution is -2.54. The topological polar surface area (TPSA) is 75.8 Å². The molecule has 0 radical (unpaired) electrons. The van der Waals surface area contributed by atoms with Crippen LogP contribution in [0.4, 0.5) is 5.69 Å². The molecule has 1 aliphatic heterocycles. The van der Waals surface area contributed by atoms with Crippen LogP contribution in [0.3, 0.4) is 0 Å². The number of hydrogen-bond acceptors (Lipinski definition) is 4. The molecule has 0 bridgehead atoms. The van der Waals surface area contributed by atoms with E-state index in [9.17, 15) is 4.79 Å². The van der Waals surface area contributed by atoms with Crippen molar-refractivity contribution in [3.63, 3.8) is 0 Å². The molecular formula is C13H18N2O3. The maximum Gasteiger partial charge on any atom is 0.325 e. The van der Waals surface area contributed by atoms with E-state index in [0.717, 1.165) is 24.4 Å². The third-order valence-corrected chi connectivity index (χ3v) is 3.04. The predicted octanol–water partition coefficient (Wildman–Crippen LogP) is 1.08. The second-order valence-electron chi connectivity index (χ2n) is 4.81. The second kappa shape index (κ2) is 4.86. The molecule has 98 valence electrons. The van der Waals surface area contributed by atoms with Crippen molar-refractivity contribution in [1.29, 1.82) is 0 Å². The highest BCUT2D eigenvalue weighted by Gasteiger charge is 2.31. The van der Waals surface area contributed by atoms with Crippen LogP contribution < -0.4 is 15.4 Å². The van der Waals surface area contributed by atoms with Crippen LogP contribution >= 0.6 is 0 Å². The summed E-state index contributed by atoms with van der Waals surface area (Å²) < 4.78 is 5.62. The van der Waals surface area contributed by atoms with Gasteiger partial charge in [-0.2, -0.15) is 0 Å². The number of para-hydroxylation sites is 2. The lowest BCUT2D eigenvalue weighted by atomic mass is 10.0. The quantitative estimate of drug-likeness (QED) is 0.839. The number of aliphatic carboxylic acids is 1. The van der Waals surface area contributed by atoms with Gasteiger partial charge < -0.3 is 20.5 Å². The van der Waals surface area contributed by atoms with Crippen LogP contribution in [0.15, 0.2) is 24.3 Å². The first-order valence-corrected chi connectivity index (χ1v) is 6.00. The Kier molecular flexibility index (Phi) is 3.43. The summed E-state index contributed by atoms with van der Waals surface area (Å²) in [6.45, 7) is 3.19. The van der Waals surface area contributed by atoms with Crippen molar-refractivity contribution in [1.82, 2.24) is 0 Å². The number of fused-ring (bicyclic) bond motifs is 1. The van der Waals surface area contributed by atoms with Crippen LogP contribution in [0, 0.1) is 0 Å². The van der Waals surface area contributed by atoms with Gasteiger partial charge in [-0.05, 0) is 25.5 Å². The number of nitrogens with two attached hydrogens (primary N) is 1. The van der Waals surface area contributed by atoms with Gasteiger partial charge >= 0.3 is 5.97 Å². The molecule has 0 amide bonds. The van der Waals surface area contributed by atoms with Crippen molar-refractivity contribution in [2.75, 3.05) is 24.6 Å². The van der Waals surface area contributed by atoms with Crippen LogP contribution in [0.1, 0.15) is 13.3 Å². The molecule has 0 spiro atoms. The van der Waals surface area contributed by atoms with E-state index in [-0.39, 0.29) is 6.54 Å². The Labute approximate surface area is 106 Å². The Morgan fingerprint density at radius 2 is 2.28 bits per heavy atom. The Morgan fingerprint density at radius 3 is 3.00 bits per heavy atom. The number of benzene rings is 1. The largest absolute Gasteiger partial charge is 0.491 e. The van der Waals surface area contributed by atoms with E-state index in [4.69, 9.17) is 15.6 Å². The summed E-state index contributed by atoms with van der Waals surface area (Å²) in [7, 11) is 0. The van der Waals surface area contributed by atoms with Gasteiger partial charge in [-0.1, -0.05) is 12.1 Å². The molecule has 3 N–H and O–H groups in total. The van der Waals surface area contributed by atoms with Crippen molar-refractivity contribution in [3.8, 4) is 5.75 Å². The van der Waals surface area contributed by atoms with E-state index < -0.39 is 11.5 Å². The molecule has 2 rings (SSSR count). The molecular weight excluding hydrogens is 232 g/mol. The number of anilines is 1. The Balaban J connectivity index is 2.26. The first-order chi connectivity index (χ1) is 8.50. The van der Waals surface area contributed by atoms with Gasteiger partial charge in [-0.25, -0.2) is 0 Å². The summed E-state index contributed by atoms with van der Waals surface area (Å²) in [5.41, 5.74) is 5.46. The Bertz CT molecular complexity index is 446. The zero-order chi connectivity index (χ0) is 13.2. The molecule has 0 aliphatic carbocycles. The Hall–Kier alpha value is -1.75. The number of nitrogens with zero attached hydrogens (tertiary/aromatic N) is 1. The van der Waals surface area contributed by atoms with Gasteiger partial charge in [-0.15, -0.1) is 0 Å². The molecule has 0 saturated carbocycles. The lowest BCUT2D eigenvalue weighted by molar-refractivity contribution is -0.142. The van der Waals surface area contributed by atoms with Gasteiger partial charge in [-0.3, -0.25) is 4.79 Å². The molecule has 5 heteroatoms. The number of carboxylic acid groups (broad SMARTS) is 1. The minimum atomic E-state index is -1.27. The van der Waals surface area contributed by atoms with Crippen LogP contribution in [-0.2, 0) is 4.79 Å². The summed E-state index contributed by atoms with van der Waals surface area (Å²) in [5, 5.41) is 9.11. The standard InChI is InChI=1S/C13H18N2O3/c1-13(14,12(16)17)9-15-7-4-8-18-11-6-3-2-5-10(11)15/h2-3,5-6H,4,7-9,14H2,1H3,(H,16,17). The number of ether oxygens (including phenoxy) is 1. The molecule has 1 unspecified atom stereocenters. The second-order valence-corrected chi connectivity index (χ2v) is 4.81. The average molecular weight is 250 g/mol. The van der Waals surface area contributed by atoms with Crippen LogP contribution in [0.25, 0.3) is 0 Å². The molecule has 1 heterocycles. The van der Waals surface area contributed by atoms with Crippen LogP contribution in [-0.4, -0.2) is 36.3 Å². The minimum absolute atomic E-state index is 0.267.